The molecule has 0 aliphatic rings. The highest BCUT2D eigenvalue weighted by Crippen LogP contribution is 2.26. The Hall–Kier alpha value is -1.84. The molecule has 0 saturated heterocycles. The molecule has 0 amide bonds. The van der Waals surface area contributed by atoms with Gasteiger partial charge in [-0.3, -0.25) is 0 Å². The van der Waals surface area contributed by atoms with Gasteiger partial charge in [0.1, 0.15) is 11.0 Å². The van der Waals surface area contributed by atoms with Crippen LogP contribution in [-0.2, 0) is 6.42 Å². The number of benzene rings is 1. The first kappa shape index (κ1) is 10.3. The van der Waals surface area contributed by atoms with E-state index >= 15 is 0 Å². The quantitative estimate of drug-likeness (QED) is 0.674. The number of oxazole rings is 2. The van der Waals surface area contributed by atoms with Crippen molar-refractivity contribution in [3.8, 4) is 0 Å². The molecule has 4 heteroatoms. The first-order valence-corrected chi connectivity index (χ1v) is 5.87. The van der Waals surface area contributed by atoms with Gasteiger partial charge in [-0.25, -0.2) is 9.97 Å². The van der Waals surface area contributed by atoms with Gasteiger partial charge in [0.05, 0.1) is 0 Å². The van der Waals surface area contributed by atoms with Gasteiger partial charge in [-0.05, 0) is 6.07 Å². The maximum Gasteiger partial charge on any atom is 0.198 e. The van der Waals surface area contributed by atoms with Gasteiger partial charge in [0.15, 0.2) is 22.9 Å². The second-order valence-electron chi connectivity index (χ2n) is 4.46. The maximum absolute atomic E-state index is 5.68. The van der Waals surface area contributed by atoms with Crippen LogP contribution in [0, 0.1) is 0 Å². The van der Waals surface area contributed by atoms with Crippen LogP contribution in [0.1, 0.15) is 38.5 Å². The average molecular weight is 230 g/mol. The van der Waals surface area contributed by atoms with Gasteiger partial charge in [-0.1, -0.05) is 20.8 Å². The summed E-state index contributed by atoms with van der Waals surface area (Å²) in [5, 5.41) is 0. The normalized spacial score (nSPS) is 12.0. The molecule has 0 radical (unpaired) electrons. The largest absolute Gasteiger partial charge is 0.441 e. The van der Waals surface area contributed by atoms with Gasteiger partial charge in [-0.2, -0.15) is 0 Å². The number of fused-ring (bicyclic) bond motifs is 2. The molecule has 2 aromatic heterocycles. The SMILES string of the molecule is CCc1nc2cc3nc(C(C)C)oc3cc2o1. The van der Waals surface area contributed by atoms with Crippen molar-refractivity contribution in [1.82, 2.24) is 9.97 Å². The zero-order valence-electron chi connectivity index (χ0n) is 10.2. The van der Waals surface area contributed by atoms with Gasteiger partial charge >= 0.3 is 0 Å². The number of aromatic nitrogens is 2. The van der Waals surface area contributed by atoms with Crippen molar-refractivity contribution in [3.63, 3.8) is 0 Å². The first-order chi connectivity index (χ1) is 8.17. The van der Waals surface area contributed by atoms with E-state index in [9.17, 15) is 0 Å². The van der Waals surface area contributed by atoms with Crippen LogP contribution >= 0.6 is 0 Å². The summed E-state index contributed by atoms with van der Waals surface area (Å²) in [7, 11) is 0. The molecule has 0 fully saturated rings. The van der Waals surface area contributed by atoms with E-state index in [1.165, 1.54) is 0 Å². The molecule has 0 bridgehead atoms. The second kappa shape index (κ2) is 3.58. The molecule has 1 aromatic carbocycles. The molecule has 0 atom stereocenters. The zero-order chi connectivity index (χ0) is 12.0. The van der Waals surface area contributed by atoms with E-state index in [-0.39, 0.29) is 5.92 Å². The summed E-state index contributed by atoms with van der Waals surface area (Å²) < 4.78 is 11.3. The van der Waals surface area contributed by atoms with E-state index in [1.54, 1.807) is 0 Å². The zero-order valence-corrected chi connectivity index (χ0v) is 10.2. The average Bonchev–Trinajstić information content (AvgIpc) is 2.87. The summed E-state index contributed by atoms with van der Waals surface area (Å²) in [6.07, 6.45) is 0.792. The van der Waals surface area contributed by atoms with Gasteiger partial charge in [-0.15, -0.1) is 0 Å². The predicted molar refractivity (Wildman–Crippen MR) is 65.0 cm³/mol. The fraction of sp³-hybridized carbons (Fsp3) is 0.385. The van der Waals surface area contributed by atoms with Crippen molar-refractivity contribution in [2.45, 2.75) is 33.1 Å². The standard InChI is InChI=1S/C13H14N2O2/c1-4-12-14-8-5-9-11(6-10(8)16-12)17-13(15-9)7(2)3/h5-7H,4H2,1-3H3. The van der Waals surface area contributed by atoms with E-state index in [4.69, 9.17) is 8.83 Å². The molecule has 17 heavy (non-hydrogen) atoms. The molecule has 88 valence electrons. The van der Waals surface area contributed by atoms with E-state index < -0.39 is 0 Å². The predicted octanol–water partition coefficient (Wildman–Crippen LogP) is 3.65. The molecule has 3 aromatic rings. The van der Waals surface area contributed by atoms with E-state index in [1.807, 2.05) is 19.1 Å². The number of hydrogen-bond acceptors (Lipinski definition) is 4. The minimum Gasteiger partial charge on any atom is -0.441 e. The van der Waals surface area contributed by atoms with Crippen LogP contribution in [0.3, 0.4) is 0 Å². The molecule has 0 aliphatic heterocycles. The highest BCUT2D eigenvalue weighted by atomic mass is 16.4. The van der Waals surface area contributed by atoms with Crippen molar-refractivity contribution >= 4 is 22.2 Å². The van der Waals surface area contributed by atoms with Crippen molar-refractivity contribution in [1.29, 1.82) is 0 Å². The lowest BCUT2D eigenvalue weighted by molar-refractivity contribution is 0.500. The van der Waals surface area contributed by atoms with Crippen molar-refractivity contribution < 1.29 is 8.83 Å². The van der Waals surface area contributed by atoms with Gasteiger partial charge in [0, 0.05) is 18.4 Å². The second-order valence-corrected chi connectivity index (χ2v) is 4.46. The molecule has 0 unspecified atom stereocenters. The van der Waals surface area contributed by atoms with Crippen LogP contribution in [-0.4, -0.2) is 9.97 Å². The summed E-state index contributed by atoms with van der Waals surface area (Å²) in [4.78, 5) is 8.84. The summed E-state index contributed by atoms with van der Waals surface area (Å²) in [5.74, 6) is 1.79. The third-order valence-electron chi connectivity index (χ3n) is 2.75. The van der Waals surface area contributed by atoms with Crippen LogP contribution < -0.4 is 0 Å². The van der Waals surface area contributed by atoms with E-state index in [0.717, 1.165) is 40.4 Å². The van der Waals surface area contributed by atoms with Crippen LogP contribution in [0.5, 0.6) is 0 Å². The first-order valence-electron chi connectivity index (χ1n) is 5.87. The lowest BCUT2D eigenvalue weighted by atomic mass is 10.2. The van der Waals surface area contributed by atoms with E-state index in [2.05, 4.69) is 23.8 Å². The van der Waals surface area contributed by atoms with Crippen LogP contribution in [0.2, 0.25) is 0 Å². The van der Waals surface area contributed by atoms with Crippen LogP contribution in [0.4, 0.5) is 0 Å². The summed E-state index contributed by atoms with van der Waals surface area (Å²) in [6.45, 7) is 6.13. The molecule has 4 nitrogen and oxygen atoms in total. The number of rotatable bonds is 2. The van der Waals surface area contributed by atoms with Crippen molar-refractivity contribution in [3.05, 3.63) is 23.9 Å². The van der Waals surface area contributed by atoms with Gasteiger partial charge in [0.25, 0.3) is 0 Å². The van der Waals surface area contributed by atoms with Crippen LogP contribution in [0.15, 0.2) is 21.0 Å². The third kappa shape index (κ3) is 1.60. The molecule has 2 heterocycles. The third-order valence-corrected chi connectivity index (χ3v) is 2.75. The summed E-state index contributed by atoms with van der Waals surface area (Å²) in [5.41, 5.74) is 3.22. The Morgan fingerprint density at radius 3 is 2.47 bits per heavy atom. The molecule has 0 spiro atoms. The fourth-order valence-electron chi connectivity index (χ4n) is 1.81. The highest BCUT2D eigenvalue weighted by Gasteiger charge is 2.12. The Bertz CT molecular complexity index is 628. The van der Waals surface area contributed by atoms with Crippen molar-refractivity contribution in [2.75, 3.05) is 0 Å². The van der Waals surface area contributed by atoms with Gasteiger partial charge < -0.3 is 8.83 Å². The number of hydrogen-bond donors (Lipinski definition) is 0. The highest BCUT2D eigenvalue weighted by molar-refractivity contribution is 5.89. The molecule has 0 aliphatic carbocycles. The Morgan fingerprint density at radius 2 is 1.76 bits per heavy atom. The monoisotopic (exact) mass is 230 g/mol. The van der Waals surface area contributed by atoms with Gasteiger partial charge in [0.2, 0.25) is 0 Å². The fourth-order valence-corrected chi connectivity index (χ4v) is 1.81. The van der Waals surface area contributed by atoms with Crippen LogP contribution in [0.25, 0.3) is 22.2 Å². The smallest absolute Gasteiger partial charge is 0.198 e. The minimum absolute atomic E-state index is 0.285. The lowest BCUT2D eigenvalue weighted by Gasteiger charge is -1.93. The molecular weight excluding hydrogens is 216 g/mol. The Morgan fingerprint density at radius 1 is 1.06 bits per heavy atom. The Balaban J connectivity index is 2.24. The summed E-state index contributed by atoms with van der Waals surface area (Å²) >= 11 is 0. The minimum atomic E-state index is 0.285. The number of aryl methyl sites for hydroxylation is 1. The number of nitrogens with zero attached hydrogens (tertiary/aromatic N) is 2. The Kier molecular flexibility index (Phi) is 2.18. The van der Waals surface area contributed by atoms with Crippen molar-refractivity contribution in [2.24, 2.45) is 0 Å². The maximum atomic E-state index is 5.68. The Labute approximate surface area is 98.6 Å². The molecule has 3 rings (SSSR count). The molecule has 0 saturated carbocycles. The van der Waals surface area contributed by atoms with E-state index in [0.29, 0.717) is 0 Å². The molecule has 0 N–H and O–H groups in total. The topological polar surface area (TPSA) is 52.1 Å². The molecular formula is C13H14N2O2. The lowest BCUT2D eigenvalue weighted by Crippen LogP contribution is -1.84. The summed E-state index contributed by atoms with van der Waals surface area (Å²) in [6, 6.07) is 3.79.